The van der Waals surface area contributed by atoms with Crippen LogP contribution in [0.2, 0.25) is 0 Å². The van der Waals surface area contributed by atoms with Crippen molar-refractivity contribution in [2.45, 2.75) is 50.8 Å². The largest absolute Gasteiger partial charge is 0.244 e. The second kappa shape index (κ2) is 7.07. The fourth-order valence-electron chi connectivity index (χ4n) is 3.53. The van der Waals surface area contributed by atoms with Gasteiger partial charge in [0.2, 0.25) is 10.0 Å². The topological polar surface area (TPSA) is 64.0 Å². The maximum absolute atomic E-state index is 12.8. The Morgan fingerprint density at radius 3 is 2.46 bits per heavy atom. The summed E-state index contributed by atoms with van der Waals surface area (Å²) in [5.74, 6) is 0.457. The summed E-state index contributed by atoms with van der Waals surface area (Å²) in [6, 6.07) is 9.61. The first-order chi connectivity index (χ1) is 11.5. The van der Waals surface area contributed by atoms with E-state index in [-0.39, 0.29) is 0 Å². The van der Waals surface area contributed by atoms with E-state index in [9.17, 15) is 8.42 Å². The van der Waals surface area contributed by atoms with Crippen molar-refractivity contribution in [3.8, 4) is 5.69 Å². The van der Waals surface area contributed by atoms with Crippen LogP contribution in [0, 0.1) is 19.8 Å². The Bertz CT molecular complexity index is 791. The lowest BCUT2D eigenvalue weighted by Gasteiger charge is -2.21. The summed E-state index contributed by atoms with van der Waals surface area (Å²) in [4.78, 5) is 0.308. The number of nitrogens with one attached hydrogen (secondary N) is 1. The molecule has 1 aliphatic rings. The molecule has 0 aliphatic heterocycles. The van der Waals surface area contributed by atoms with Crippen LogP contribution in [0.3, 0.4) is 0 Å². The molecule has 0 radical (unpaired) electrons. The van der Waals surface area contributed by atoms with Crippen LogP contribution in [0.15, 0.2) is 35.2 Å². The highest BCUT2D eigenvalue weighted by atomic mass is 32.2. The third kappa shape index (κ3) is 3.54. The van der Waals surface area contributed by atoms with E-state index in [4.69, 9.17) is 0 Å². The quantitative estimate of drug-likeness (QED) is 0.902. The summed E-state index contributed by atoms with van der Waals surface area (Å²) in [6.07, 6.45) is 5.91. The fourth-order valence-corrected chi connectivity index (χ4v) is 5.03. The number of aryl methyl sites for hydroxylation is 1. The van der Waals surface area contributed by atoms with E-state index in [0.717, 1.165) is 18.5 Å². The van der Waals surface area contributed by atoms with Gasteiger partial charge in [-0.25, -0.2) is 17.8 Å². The molecule has 0 atom stereocenters. The van der Waals surface area contributed by atoms with E-state index >= 15 is 0 Å². The second-order valence-corrected chi connectivity index (χ2v) is 8.31. The number of benzene rings is 1. The molecule has 1 N–H and O–H groups in total. The molecule has 0 unspecified atom stereocenters. The third-order valence-electron chi connectivity index (χ3n) is 4.78. The number of aromatic nitrogens is 2. The molecule has 1 aromatic carbocycles. The van der Waals surface area contributed by atoms with Crippen LogP contribution in [-0.2, 0) is 10.0 Å². The molecule has 24 heavy (non-hydrogen) atoms. The van der Waals surface area contributed by atoms with Crippen molar-refractivity contribution in [2.75, 3.05) is 6.54 Å². The van der Waals surface area contributed by atoms with Gasteiger partial charge in [-0.15, -0.1) is 0 Å². The van der Waals surface area contributed by atoms with Crippen molar-refractivity contribution in [3.05, 3.63) is 41.7 Å². The summed E-state index contributed by atoms with van der Waals surface area (Å²) in [5.41, 5.74) is 2.05. The smallest absolute Gasteiger partial charge is 0.236 e. The average Bonchev–Trinajstić information content (AvgIpc) is 2.90. The van der Waals surface area contributed by atoms with E-state index in [1.54, 1.807) is 11.6 Å². The molecule has 0 saturated heterocycles. The first kappa shape index (κ1) is 17.2. The zero-order valence-electron chi connectivity index (χ0n) is 14.3. The normalized spacial score (nSPS) is 16.4. The number of sulfonamides is 1. The number of nitrogens with zero attached hydrogens (tertiary/aromatic N) is 2. The number of hydrogen-bond acceptors (Lipinski definition) is 3. The summed E-state index contributed by atoms with van der Waals surface area (Å²) in [6.45, 7) is 4.08. The van der Waals surface area contributed by atoms with E-state index in [2.05, 4.69) is 9.82 Å². The lowest BCUT2D eigenvalue weighted by molar-refractivity contribution is 0.357. The molecule has 1 heterocycles. The van der Waals surface area contributed by atoms with Gasteiger partial charge in [-0.2, -0.15) is 5.10 Å². The highest BCUT2D eigenvalue weighted by Gasteiger charge is 2.26. The van der Waals surface area contributed by atoms with Crippen LogP contribution in [-0.4, -0.2) is 24.7 Å². The predicted molar refractivity (Wildman–Crippen MR) is 94.8 cm³/mol. The summed E-state index contributed by atoms with van der Waals surface area (Å²) >= 11 is 0. The van der Waals surface area contributed by atoms with E-state index in [1.807, 2.05) is 37.3 Å². The molecule has 0 amide bonds. The molecular weight excluding hydrogens is 322 g/mol. The van der Waals surface area contributed by atoms with E-state index < -0.39 is 10.0 Å². The van der Waals surface area contributed by atoms with E-state index in [0.29, 0.717) is 28.7 Å². The maximum Gasteiger partial charge on any atom is 0.244 e. The van der Waals surface area contributed by atoms with Crippen molar-refractivity contribution in [2.24, 2.45) is 5.92 Å². The van der Waals surface area contributed by atoms with Crippen molar-refractivity contribution >= 4 is 10.0 Å². The molecule has 2 aromatic rings. The summed E-state index contributed by atoms with van der Waals surface area (Å²) in [5, 5.41) is 4.44. The minimum Gasteiger partial charge on any atom is -0.236 e. The average molecular weight is 347 g/mol. The van der Waals surface area contributed by atoms with Gasteiger partial charge in [0.05, 0.1) is 17.1 Å². The lowest BCUT2D eigenvalue weighted by Crippen LogP contribution is -2.31. The molecule has 5 nitrogen and oxygen atoms in total. The van der Waals surface area contributed by atoms with Crippen LogP contribution < -0.4 is 4.72 Å². The molecule has 0 bridgehead atoms. The minimum absolute atomic E-state index is 0.308. The number of para-hydroxylation sites is 1. The summed E-state index contributed by atoms with van der Waals surface area (Å²) < 4.78 is 30.1. The van der Waals surface area contributed by atoms with Crippen molar-refractivity contribution in [1.82, 2.24) is 14.5 Å². The fraction of sp³-hybridized carbons (Fsp3) is 0.500. The Morgan fingerprint density at radius 2 is 1.79 bits per heavy atom. The Morgan fingerprint density at radius 1 is 1.12 bits per heavy atom. The first-order valence-corrected chi connectivity index (χ1v) is 10.1. The molecular formula is C18H25N3O2S. The molecule has 1 aromatic heterocycles. The van der Waals surface area contributed by atoms with Crippen LogP contribution >= 0.6 is 0 Å². The van der Waals surface area contributed by atoms with Gasteiger partial charge in [0.15, 0.2) is 0 Å². The molecule has 1 fully saturated rings. The maximum atomic E-state index is 12.8. The zero-order valence-corrected chi connectivity index (χ0v) is 15.1. The Balaban J connectivity index is 1.84. The van der Waals surface area contributed by atoms with Gasteiger partial charge in [-0.05, 0) is 44.7 Å². The van der Waals surface area contributed by atoms with Crippen molar-refractivity contribution < 1.29 is 8.42 Å². The molecule has 1 saturated carbocycles. The van der Waals surface area contributed by atoms with Crippen LogP contribution in [0.5, 0.6) is 0 Å². The monoisotopic (exact) mass is 347 g/mol. The zero-order chi connectivity index (χ0) is 17.2. The molecule has 1 aliphatic carbocycles. The Hall–Kier alpha value is -1.66. The highest BCUT2D eigenvalue weighted by Crippen LogP contribution is 2.25. The molecule has 130 valence electrons. The van der Waals surface area contributed by atoms with Crippen molar-refractivity contribution in [1.29, 1.82) is 0 Å². The van der Waals surface area contributed by atoms with E-state index in [1.165, 1.54) is 19.3 Å². The lowest BCUT2D eigenvalue weighted by atomic mass is 9.90. The molecule has 6 heteroatoms. The molecule has 3 rings (SSSR count). The second-order valence-electron chi connectivity index (χ2n) is 6.60. The standard InChI is InChI=1S/C18H25N3O2S/c1-14-18(15(2)21(20-14)17-11-7-4-8-12-17)24(22,23)19-13-16-9-5-3-6-10-16/h4,7-8,11-12,16,19H,3,5-6,9-10,13H2,1-2H3. The van der Waals surface area contributed by atoms with Gasteiger partial charge in [-0.3, -0.25) is 0 Å². The van der Waals surface area contributed by atoms with Gasteiger partial charge in [0, 0.05) is 6.54 Å². The SMILES string of the molecule is Cc1nn(-c2ccccc2)c(C)c1S(=O)(=O)NCC1CCCCC1. The van der Waals surface area contributed by atoms with Gasteiger partial charge in [-0.1, -0.05) is 37.5 Å². The number of rotatable bonds is 5. The van der Waals surface area contributed by atoms with Gasteiger partial charge in [0.1, 0.15) is 4.90 Å². The predicted octanol–water partition coefficient (Wildman–Crippen LogP) is 3.35. The van der Waals surface area contributed by atoms with Gasteiger partial charge < -0.3 is 0 Å². The van der Waals surface area contributed by atoms with Gasteiger partial charge >= 0.3 is 0 Å². The summed E-state index contributed by atoms with van der Waals surface area (Å²) in [7, 11) is -3.54. The highest BCUT2D eigenvalue weighted by molar-refractivity contribution is 7.89. The third-order valence-corrected chi connectivity index (χ3v) is 6.46. The number of hydrogen-bond donors (Lipinski definition) is 1. The Kier molecular flexibility index (Phi) is 5.06. The Labute approximate surface area is 144 Å². The minimum atomic E-state index is -3.54. The van der Waals surface area contributed by atoms with Crippen LogP contribution in [0.1, 0.15) is 43.5 Å². The van der Waals surface area contributed by atoms with Crippen molar-refractivity contribution in [3.63, 3.8) is 0 Å². The van der Waals surface area contributed by atoms with Crippen LogP contribution in [0.25, 0.3) is 5.69 Å². The van der Waals surface area contributed by atoms with Crippen LogP contribution in [0.4, 0.5) is 0 Å². The van der Waals surface area contributed by atoms with Gasteiger partial charge in [0.25, 0.3) is 0 Å². The first-order valence-electron chi connectivity index (χ1n) is 8.60. The molecule has 0 spiro atoms.